The van der Waals surface area contributed by atoms with Gasteiger partial charge in [-0.2, -0.15) is 0 Å². The molecule has 15 heteroatoms. The fourth-order valence-corrected chi connectivity index (χ4v) is 5.52. The molecule has 3 aromatic rings. The van der Waals surface area contributed by atoms with Crippen molar-refractivity contribution in [2.24, 2.45) is 0 Å². The number of allylic oxidation sites excluding steroid dienone is 2. The third-order valence-corrected chi connectivity index (χ3v) is 8.37. The highest BCUT2D eigenvalue weighted by Crippen LogP contribution is 2.41. The van der Waals surface area contributed by atoms with Gasteiger partial charge in [-0.15, -0.1) is 0 Å². The molecule has 3 heterocycles. The molecule has 8 N–H and O–H groups in total. The summed E-state index contributed by atoms with van der Waals surface area (Å²) in [6, 6.07) is 7.41. The fourth-order valence-electron chi connectivity index (χ4n) is 5.52. The number of hydrogen-bond acceptors (Lipinski definition) is 15. The fraction of sp³-hybridized carbons (Fsp3) is 0.485. The van der Waals surface area contributed by atoms with Crippen LogP contribution in [0, 0.1) is 0 Å². The predicted octanol–water partition coefficient (Wildman–Crippen LogP) is 0.0679. The molecule has 262 valence electrons. The van der Waals surface area contributed by atoms with Crippen molar-refractivity contribution >= 4 is 11.0 Å². The molecular formula is C33H40O15. The molecule has 0 unspecified atom stereocenters. The Labute approximate surface area is 274 Å². The SMILES string of the molecule is COc1ccc(-c2oc3c(CC=C(C)C)c(O[C@H]4O[C@@H](CO)[C@@H](O)[C@@H](O)[C@H]4O)cc(O)c3c(=O)c2O[C@@H]2O[C@H](C)[C@H](O)[C@H](O)[C@@H]2O)cc1. The van der Waals surface area contributed by atoms with Gasteiger partial charge in [-0.25, -0.2) is 0 Å². The molecule has 2 aromatic carbocycles. The van der Waals surface area contributed by atoms with Gasteiger partial charge < -0.3 is 69.0 Å². The maximum absolute atomic E-state index is 14.3. The molecule has 48 heavy (non-hydrogen) atoms. The van der Waals surface area contributed by atoms with E-state index in [0.29, 0.717) is 11.3 Å². The minimum atomic E-state index is -1.77. The highest BCUT2D eigenvalue weighted by Gasteiger charge is 2.46. The lowest BCUT2D eigenvalue weighted by atomic mass is 9.99. The van der Waals surface area contributed by atoms with Gasteiger partial charge in [-0.3, -0.25) is 4.79 Å². The van der Waals surface area contributed by atoms with Gasteiger partial charge in [0.1, 0.15) is 70.9 Å². The van der Waals surface area contributed by atoms with Gasteiger partial charge in [0.25, 0.3) is 0 Å². The highest BCUT2D eigenvalue weighted by molar-refractivity contribution is 5.91. The van der Waals surface area contributed by atoms with Crippen molar-refractivity contribution in [2.45, 2.75) is 88.6 Å². The maximum atomic E-state index is 14.3. The van der Waals surface area contributed by atoms with E-state index in [-0.39, 0.29) is 34.5 Å². The number of benzene rings is 2. The molecule has 5 rings (SSSR count). The van der Waals surface area contributed by atoms with E-state index in [1.807, 2.05) is 13.8 Å². The molecule has 2 aliphatic heterocycles. The number of aromatic hydroxyl groups is 1. The van der Waals surface area contributed by atoms with E-state index in [9.17, 15) is 45.6 Å². The average Bonchev–Trinajstić information content (AvgIpc) is 3.06. The molecule has 1 aromatic heterocycles. The van der Waals surface area contributed by atoms with Crippen LogP contribution in [0.4, 0.5) is 0 Å². The monoisotopic (exact) mass is 676 g/mol. The zero-order valence-corrected chi connectivity index (χ0v) is 26.6. The first-order valence-electron chi connectivity index (χ1n) is 15.2. The molecule has 2 aliphatic rings. The molecule has 2 saturated heterocycles. The first-order valence-corrected chi connectivity index (χ1v) is 15.2. The first-order chi connectivity index (χ1) is 22.8. The van der Waals surface area contributed by atoms with E-state index < -0.39 is 84.9 Å². The van der Waals surface area contributed by atoms with Gasteiger partial charge in [0.2, 0.25) is 23.8 Å². The number of aliphatic hydroxyl groups excluding tert-OH is 7. The number of phenols is 1. The number of fused-ring (bicyclic) bond motifs is 1. The van der Waals surface area contributed by atoms with Crippen molar-refractivity contribution in [2.75, 3.05) is 13.7 Å². The van der Waals surface area contributed by atoms with E-state index >= 15 is 0 Å². The molecule has 2 fully saturated rings. The van der Waals surface area contributed by atoms with Crippen molar-refractivity contribution in [1.82, 2.24) is 0 Å². The summed E-state index contributed by atoms with van der Waals surface area (Å²) in [7, 11) is 1.47. The summed E-state index contributed by atoms with van der Waals surface area (Å²) < 4.78 is 34.5. The largest absolute Gasteiger partial charge is 0.507 e. The van der Waals surface area contributed by atoms with E-state index in [1.54, 1.807) is 30.3 Å². The highest BCUT2D eigenvalue weighted by atomic mass is 16.7. The van der Waals surface area contributed by atoms with Gasteiger partial charge >= 0.3 is 0 Å². The quantitative estimate of drug-likeness (QED) is 0.140. The third kappa shape index (κ3) is 6.74. The van der Waals surface area contributed by atoms with Crippen LogP contribution in [0.3, 0.4) is 0 Å². The summed E-state index contributed by atoms with van der Waals surface area (Å²) >= 11 is 0. The van der Waals surface area contributed by atoms with Crippen LogP contribution in [0.1, 0.15) is 26.3 Å². The molecule has 0 aliphatic carbocycles. The van der Waals surface area contributed by atoms with Crippen molar-refractivity contribution in [3.63, 3.8) is 0 Å². The zero-order chi connectivity index (χ0) is 35.0. The van der Waals surface area contributed by atoms with Crippen LogP contribution in [0.25, 0.3) is 22.3 Å². The number of phenolic OH excluding ortho intramolecular Hbond substituents is 1. The van der Waals surface area contributed by atoms with E-state index in [2.05, 4.69) is 0 Å². The van der Waals surface area contributed by atoms with Crippen molar-refractivity contribution in [1.29, 1.82) is 0 Å². The zero-order valence-electron chi connectivity index (χ0n) is 26.6. The Hall–Kier alpha value is -3.77. The van der Waals surface area contributed by atoms with Crippen LogP contribution in [0.15, 0.2) is 51.2 Å². The second-order valence-electron chi connectivity index (χ2n) is 12.0. The summed E-state index contributed by atoms with van der Waals surface area (Å²) in [5, 5.41) is 82.9. The molecule has 10 atom stereocenters. The lowest BCUT2D eigenvalue weighted by Crippen LogP contribution is -2.60. The molecule has 15 nitrogen and oxygen atoms in total. The Kier molecular flexibility index (Phi) is 10.6. The van der Waals surface area contributed by atoms with Crippen molar-refractivity contribution in [3.05, 3.63) is 57.8 Å². The van der Waals surface area contributed by atoms with Crippen LogP contribution in [0.5, 0.6) is 23.0 Å². The van der Waals surface area contributed by atoms with Crippen molar-refractivity contribution in [3.8, 4) is 34.3 Å². The van der Waals surface area contributed by atoms with Crippen LogP contribution >= 0.6 is 0 Å². The molecule has 0 amide bonds. The van der Waals surface area contributed by atoms with Gasteiger partial charge in [0, 0.05) is 17.2 Å². The standard InChI is InChI=1S/C33H40O15/c1-13(2)5-10-17-19(45-33-28(42)26(40)23(37)20(12-34)46-33)11-18(35)21-24(38)31(48-32-27(41)25(39)22(36)14(3)44-32)29(47-30(17)21)15-6-8-16(43-4)9-7-15/h5-9,11,14,20,22-23,25-28,32-37,39-42H,10,12H2,1-4H3/t14-,20+,22+,23-,25+,26-,27+,28-,32+,33+/m1/s1. The minimum Gasteiger partial charge on any atom is -0.507 e. The summed E-state index contributed by atoms with van der Waals surface area (Å²) in [4.78, 5) is 14.3. The first kappa shape index (κ1) is 35.5. The maximum Gasteiger partial charge on any atom is 0.239 e. The Balaban J connectivity index is 1.71. The lowest BCUT2D eigenvalue weighted by molar-refractivity contribution is -0.277. The Morgan fingerprint density at radius 3 is 2.10 bits per heavy atom. The smallest absolute Gasteiger partial charge is 0.239 e. The molecule has 0 saturated carbocycles. The van der Waals surface area contributed by atoms with Gasteiger partial charge in [0.15, 0.2) is 5.76 Å². The van der Waals surface area contributed by atoms with Crippen LogP contribution in [-0.4, -0.2) is 116 Å². The summed E-state index contributed by atoms with van der Waals surface area (Å²) in [6.07, 6.45) is -13.7. The summed E-state index contributed by atoms with van der Waals surface area (Å²) in [5.41, 5.74) is 0.341. The van der Waals surface area contributed by atoms with Crippen molar-refractivity contribution < 1.29 is 69.0 Å². The van der Waals surface area contributed by atoms with E-state index in [1.165, 1.54) is 14.0 Å². The Morgan fingerprint density at radius 2 is 1.50 bits per heavy atom. The van der Waals surface area contributed by atoms with Gasteiger partial charge in [0.05, 0.1) is 19.8 Å². The van der Waals surface area contributed by atoms with Crippen LogP contribution in [0.2, 0.25) is 0 Å². The van der Waals surface area contributed by atoms with E-state index in [4.69, 9.17) is 28.1 Å². The Morgan fingerprint density at radius 1 is 0.875 bits per heavy atom. The summed E-state index contributed by atoms with van der Waals surface area (Å²) in [5.74, 6) is -0.922. The normalized spacial score (nSPS) is 30.6. The molecule has 0 bridgehead atoms. The number of ether oxygens (including phenoxy) is 5. The van der Waals surface area contributed by atoms with Crippen LogP contribution < -0.4 is 19.6 Å². The Bertz CT molecular complexity index is 1680. The van der Waals surface area contributed by atoms with Gasteiger partial charge in [-0.05, 0) is 51.5 Å². The number of rotatable bonds is 9. The van der Waals surface area contributed by atoms with E-state index in [0.717, 1.165) is 11.6 Å². The summed E-state index contributed by atoms with van der Waals surface area (Å²) in [6.45, 7) is 4.40. The second-order valence-corrected chi connectivity index (χ2v) is 12.0. The van der Waals surface area contributed by atoms with Crippen LogP contribution in [-0.2, 0) is 15.9 Å². The number of methoxy groups -OCH3 is 1. The molecular weight excluding hydrogens is 636 g/mol. The van der Waals surface area contributed by atoms with Gasteiger partial charge in [-0.1, -0.05) is 11.6 Å². The predicted molar refractivity (Wildman–Crippen MR) is 167 cm³/mol. The average molecular weight is 677 g/mol. The molecule has 0 radical (unpaired) electrons. The number of aliphatic hydroxyl groups is 7. The molecule has 0 spiro atoms. The second kappa shape index (κ2) is 14.4. The topological polar surface area (TPSA) is 238 Å². The number of hydrogen-bond donors (Lipinski definition) is 8. The third-order valence-electron chi connectivity index (χ3n) is 8.37. The minimum absolute atomic E-state index is 0.0725. The lowest BCUT2D eigenvalue weighted by Gasteiger charge is -2.39.